The molecule has 0 aliphatic rings. The molecule has 0 atom stereocenters. The molecule has 1 aromatic heterocycles. The number of hydrogen-bond acceptors (Lipinski definition) is 4. The first-order valence-corrected chi connectivity index (χ1v) is 5.33. The third-order valence-corrected chi connectivity index (χ3v) is 2.43. The van der Waals surface area contributed by atoms with Gasteiger partial charge in [-0.05, 0) is 18.6 Å². The number of aryl methyl sites for hydroxylation is 1. The lowest BCUT2D eigenvalue weighted by atomic mass is 10.2. The van der Waals surface area contributed by atoms with Crippen LogP contribution in [0.4, 0.5) is 18.9 Å². The van der Waals surface area contributed by atoms with Crippen LogP contribution in [0.25, 0.3) is 0 Å². The van der Waals surface area contributed by atoms with Gasteiger partial charge < -0.3 is 4.74 Å². The van der Waals surface area contributed by atoms with E-state index in [2.05, 4.69) is 4.98 Å². The molecule has 0 spiro atoms. The van der Waals surface area contributed by atoms with Gasteiger partial charge in [0.15, 0.2) is 11.6 Å². The molecular formula is C12H7F3N2O3. The van der Waals surface area contributed by atoms with Gasteiger partial charge in [-0.2, -0.15) is 9.37 Å². The van der Waals surface area contributed by atoms with Gasteiger partial charge in [0.05, 0.1) is 4.92 Å². The first-order valence-electron chi connectivity index (χ1n) is 5.33. The minimum Gasteiger partial charge on any atom is -0.436 e. The van der Waals surface area contributed by atoms with E-state index in [1.54, 1.807) is 0 Å². The van der Waals surface area contributed by atoms with E-state index in [0.29, 0.717) is 11.6 Å². The molecule has 1 aromatic carbocycles. The number of nitrogens with zero attached hydrogens (tertiary/aromatic N) is 2. The van der Waals surface area contributed by atoms with Crippen LogP contribution >= 0.6 is 0 Å². The molecule has 0 saturated heterocycles. The van der Waals surface area contributed by atoms with Crippen LogP contribution < -0.4 is 4.74 Å². The number of halogens is 3. The highest BCUT2D eigenvalue weighted by Crippen LogP contribution is 2.28. The van der Waals surface area contributed by atoms with Crippen molar-refractivity contribution in [3.05, 3.63) is 57.5 Å². The van der Waals surface area contributed by atoms with Crippen molar-refractivity contribution in [2.24, 2.45) is 0 Å². The monoisotopic (exact) mass is 284 g/mol. The molecule has 0 saturated carbocycles. The molecule has 5 nitrogen and oxygen atoms in total. The Kier molecular flexibility index (Phi) is 3.55. The highest BCUT2D eigenvalue weighted by Gasteiger charge is 2.15. The Morgan fingerprint density at radius 1 is 1.20 bits per heavy atom. The van der Waals surface area contributed by atoms with Gasteiger partial charge in [0.25, 0.3) is 17.5 Å². The maximum atomic E-state index is 13.4. The second-order valence-electron chi connectivity index (χ2n) is 3.86. The predicted molar refractivity (Wildman–Crippen MR) is 62.0 cm³/mol. The molecule has 2 rings (SSSR count). The van der Waals surface area contributed by atoms with E-state index in [9.17, 15) is 23.3 Å². The van der Waals surface area contributed by atoms with Crippen LogP contribution in [0.3, 0.4) is 0 Å². The number of hydrogen-bond donors (Lipinski definition) is 0. The SMILES string of the molecule is Cc1cc([N+](=O)[O-])ccc1Oc1nc(F)c(F)cc1F. The van der Waals surface area contributed by atoms with Crippen molar-refractivity contribution in [2.45, 2.75) is 6.92 Å². The zero-order valence-corrected chi connectivity index (χ0v) is 10.1. The first kappa shape index (κ1) is 13.8. The minimum absolute atomic E-state index is 0.0491. The maximum Gasteiger partial charge on any atom is 0.269 e. The second kappa shape index (κ2) is 5.16. The summed E-state index contributed by atoms with van der Waals surface area (Å²) in [5.41, 5.74) is 0.152. The Hall–Kier alpha value is -2.64. The number of nitro benzene ring substituents is 1. The number of ether oxygens (including phenoxy) is 1. The van der Waals surface area contributed by atoms with Gasteiger partial charge in [0.2, 0.25) is 0 Å². The van der Waals surface area contributed by atoms with Gasteiger partial charge in [-0.15, -0.1) is 0 Å². The van der Waals surface area contributed by atoms with Gasteiger partial charge >= 0.3 is 0 Å². The van der Waals surface area contributed by atoms with Crippen molar-refractivity contribution in [3.8, 4) is 11.6 Å². The highest BCUT2D eigenvalue weighted by molar-refractivity contribution is 5.44. The van der Waals surface area contributed by atoms with Crippen molar-refractivity contribution in [3.63, 3.8) is 0 Å². The Bertz CT molecular complexity index is 692. The quantitative estimate of drug-likeness (QED) is 0.491. The second-order valence-corrected chi connectivity index (χ2v) is 3.86. The van der Waals surface area contributed by atoms with E-state index in [0.717, 1.165) is 6.07 Å². The Labute approximate surface area is 110 Å². The van der Waals surface area contributed by atoms with Crippen LogP contribution in [-0.4, -0.2) is 9.91 Å². The third kappa shape index (κ3) is 2.68. The fraction of sp³-hybridized carbons (Fsp3) is 0.0833. The molecule has 0 aliphatic heterocycles. The Morgan fingerprint density at radius 2 is 1.90 bits per heavy atom. The molecular weight excluding hydrogens is 277 g/mol. The van der Waals surface area contributed by atoms with E-state index >= 15 is 0 Å². The molecule has 104 valence electrons. The topological polar surface area (TPSA) is 65.3 Å². The molecule has 0 radical (unpaired) electrons. The number of nitro groups is 1. The van der Waals surface area contributed by atoms with Gasteiger partial charge in [0, 0.05) is 18.2 Å². The summed E-state index contributed by atoms with van der Waals surface area (Å²) in [6.07, 6.45) is 0. The fourth-order valence-corrected chi connectivity index (χ4v) is 1.47. The van der Waals surface area contributed by atoms with Crippen LogP contribution in [0, 0.1) is 34.6 Å². The minimum atomic E-state index is -1.50. The van der Waals surface area contributed by atoms with Gasteiger partial charge in [-0.1, -0.05) is 0 Å². The molecule has 20 heavy (non-hydrogen) atoms. The lowest BCUT2D eigenvalue weighted by molar-refractivity contribution is -0.384. The van der Waals surface area contributed by atoms with Gasteiger partial charge in [-0.25, -0.2) is 8.78 Å². The first-order chi connectivity index (χ1) is 9.38. The number of aromatic nitrogens is 1. The highest BCUT2D eigenvalue weighted by atomic mass is 19.2. The van der Waals surface area contributed by atoms with Crippen LogP contribution in [-0.2, 0) is 0 Å². The van der Waals surface area contributed by atoms with E-state index in [4.69, 9.17) is 4.74 Å². The van der Waals surface area contributed by atoms with Gasteiger partial charge in [0.1, 0.15) is 5.75 Å². The smallest absolute Gasteiger partial charge is 0.269 e. The van der Waals surface area contributed by atoms with E-state index < -0.39 is 28.4 Å². The number of benzene rings is 1. The molecule has 2 aromatic rings. The molecule has 0 aliphatic carbocycles. The molecule has 8 heteroatoms. The van der Waals surface area contributed by atoms with Crippen molar-refractivity contribution in [1.29, 1.82) is 0 Å². The molecule has 0 amide bonds. The van der Waals surface area contributed by atoms with Crippen LogP contribution in [0.1, 0.15) is 5.56 Å². The van der Waals surface area contributed by atoms with Gasteiger partial charge in [-0.3, -0.25) is 10.1 Å². The van der Waals surface area contributed by atoms with E-state index in [1.165, 1.54) is 19.1 Å². The van der Waals surface area contributed by atoms with E-state index in [1.807, 2.05) is 0 Å². The van der Waals surface area contributed by atoms with Crippen LogP contribution in [0.15, 0.2) is 24.3 Å². The van der Waals surface area contributed by atoms with Crippen molar-refractivity contribution in [2.75, 3.05) is 0 Å². The summed E-state index contributed by atoms with van der Waals surface area (Å²) >= 11 is 0. The summed E-state index contributed by atoms with van der Waals surface area (Å²) in [6, 6.07) is 3.86. The summed E-state index contributed by atoms with van der Waals surface area (Å²) in [4.78, 5) is 12.9. The summed E-state index contributed by atoms with van der Waals surface area (Å²) < 4.78 is 44.0. The number of non-ortho nitro benzene ring substituents is 1. The lowest BCUT2D eigenvalue weighted by Gasteiger charge is -2.08. The number of rotatable bonds is 3. The average molecular weight is 284 g/mol. The van der Waals surface area contributed by atoms with Crippen LogP contribution in [0.2, 0.25) is 0 Å². The normalized spacial score (nSPS) is 10.4. The van der Waals surface area contributed by atoms with Crippen LogP contribution in [0.5, 0.6) is 11.6 Å². The largest absolute Gasteiger partial charge is 0.436 e. The van der Waals surface area contributed by atoms with E-state index in [-0.39, 0.29) is 11.4 Å². The predicted octanol–water partition coefficient (Wildman–Crippen LogP) is 3.51. The molecule has 0 bridgehead atoms. The maximum absolute atomic E-state index is 13.4. The Morgan fingerprint density at radius 3 is 2.50 bits per heavy atom. The zero-order valence-electron chi connectivity index (χ0n) is 10.1. The molecule has 0 unspecified atom stereocenters. The van der Waals surface area contributed by atoms with Crippen molar-refractivity contribution in [1.82, 2.24) is 4.98 Å². The standard InChI is InChI=1S/C12H7F3N2O3/c1-6-4-7(17(18)19)2-3-10(6)20-12-9(14)5-8(13)11(15)16-12/h2-5H,1H3. The fourth-order valence-electron chi connectivity index (χ4n) is 1.47. The van der Waals surface area contributed by atoms with Crippen molar-refractivity contribution < 1.29 is 22.8 Å². The summed E-state index contributed by atoms with van der Waals surface area (Å²) in [6.45, 7) is 1.49. The van der Waals surface area contributed by atoms with Crippen molar-refractivity contribution >= 4 is 5.69 Å². The summed E-state index contributed by atoms with van der Waals surface area (Å²) in [5.74, 6) is -4.81. The summed E-state index contributed by atoms with van der Waals surface area (Å²) in [7, 11) is 0. The number of pyridine rings is 1. The lowest BCUT2D eigenvalue weighted by Crippen LogP contribution is -1.99. The average Bonchev–Trinajstić information content (AvgIpc) is 2.37. The summed E-state index contributed by atoms with van der Waals surface area (Å²) in [5, 5.41) is 10.6. The molecule has 0 fully saturated rings. The third-order valence-electron chi connectivity index (χ3n) is 2.43. The zero-order chi connectivity index (χ0) is 14.9. The Balaban J connectivity index is 2.35. The molecule has 0 N–H and O–H groups in total. The molecule has 1 heterocycles.